The number of amidine groups is 2. The van der Waals surface area contributed by atoms with E-state index < -0.39 is 6.17 Å². The van der Waals surface area contributed by atoms with Crippen molar-refractivity contribution in [3.63, 3.8) is 0 Å². The first-order valence-electron chi connectivity index (χ1n) is 23.8. The Balaban J connectivity index is 1.02. The summed E-state index contributed by atoms with van der Waals surface area (Å²) >= 11 is 1.85. The fourth-order valence-electron chi connectivity index (χ4n) is 10.7. The first kappa shape index (κ1) is 40.2. The molecule has 328 valence electrons. The molecule has 0 aliphatic carbocycles. The molecule has 0 saturated heterocycles. The smallest absolute Gasteiger partial charge is 0.160 e. The maximum atomic E-state index is 5.57. The van der Waals surface area contributed by atoms with Crippen LogP contribution in [-0.2, 0) is 0 Å². The van der Waals surface area contributed by atoms with Crippen molar-refractivity contribution in [1.29, 1.82) is 0 Å². The van der Waals surface area contributed by atoms with Gasteiger partial charge in [-0.2, -0.15) is 0 Å². The van der Waals surface area contributed by atoms with E-state index in [1.807, 2.05) is 11.3 Å². The SMILES string of the molecule is c1ccc(-c2ccccc2C2=NC(c3ccc(-n4c5cc6ccccc6cc5c5cc6ccccc6cc54)c(-c4ccc5c(c4)sc4ccccc45)c3)NC(c3ccccc3-c3ccccc3)=N2)cc1. The van der Waals surface area contributed by atoms with Gasteiger partial charge in [0.2, 0.25) is 0 Å². The monoisotopic (exact) mass is 910 g/mol. The fourth-order valence-corrected chi connectivity index (χ4v) is 11.8. The van der Waals surface area contributed by atoms with Gasteiger partial charge in [0, 0.05) is 47.6 Å². The van der Waals surface area contributed by atoms with Crippen molar-refractivity contribution in [2.75, 3.05) is 0 Å². The molecule has 14 rings (SSSR count). The predicted octanol–water partition coefficient (Wildman–Crippen LogP) is 17.0. The normalized spacial score (nSPS) is 13.9. The highest BCUT2D eigenvalue weighted by Gasteiger charge is 2.26. The number of nitrogens with one attached hydrogen (secondary N) is 1. The van der Waals surface area contributed by atoms with E-state index in [-0.39, 0.29) is 0 Å². The third-order valence-corrected chi connectivity index (χ3v) is 15.2. The quantitative estimate of drug-likeness (QED) is 0.170. The average Bonchev–Trinajstić information content (AvgIpc) is 3.96. The predicted molar refractivity (Wildman–Crippen MR) is 297 cm³/mol. The van der Waals surface area contributed by atoms with Gasteiger partial charge in [0.1, 0.15) is 12.0 Å². The van der Waals surface area contributed by atoms with Crippen LogP contribution in [0.2, 0.25) is 0 Å². The minimum Gasteiger partial charge on any atom is -0.344 e. The first-order chi connectivity index (χ1) is 34.7. The van der Waals surface area contributed by atoms with Crippen molar-refractivity contribution in [2.45, 2.75) is 6.17 Å². The van der Waals surface area contributed by atoms with Gasteiger partial charge in [-0.15, -0.1) is 11.3 Å². The van der Waals surface area contributed by atoms with Gasteiger partial charge in [-0.05, 0) is 103 Å². The van der Waals surface area contributed by atoms with Crippen LogP contribution in [0.5, 0.6) is 0 Å². The number of hydrogen-bond acceptors (Lipinski definition) is 4. The van der Waals surface area contributed by atoms with Crippen LogP contribution < -0.4 is 5.32 Å². The molecule has 13 aromatic rings. The van der Waals surface area contributed by atoms with Gasteiger partial charge < -0.3 is 9.88 Å². The molecule has 70 heavy (non-hydrogen) atoms. The summed E-state index contributed by atoms with van der Waals surface area (Å²) in [5.41, 5.74) is 13.2. The summed E-state index contributed by atoms with van der Waals surface area (Å²) in [7, 11) is 0. The second-order valence-electron chi connectivity index (χ2n) is 18.1. The molecule has 0 radical (unpaired) electrons. The molecule has 0 saturated carbocycles. The van der Waals surface area contributed by atoms with E-state index in [9.17, 15) is 0 Å². The van der Waals surface area contributed by atoms with E-state index in [1.54, 1.807) is 0 Å². The van der Waals surface area contributed by atoms with Crippen molar-refractivity contribution in [3.8, 4) is 39.1 Å². The Kier molecular flexibility index (Phi) is 9.42. The van der Waals surface area contributed by atoms with E-state index >= 15 is 0 Å². The molecule has 1 N–H and O–H groups in total. The third kappa shape index (κ3) is 6.74. The zero-order valence-corrected chi connectivity index (χ0v) is 38.7. The Morgan fingerprint density at radius 2 is 0.900 bits per heavy atom. The van der Waals surface area contributed by atoms with Gasteiger partial charge in [-0.3, -0.25) is 0 Å². The number of hydrogen-bond donors (Lipinski definition) is 1. The highest BCUT2D eigenvalue weighted by Crippen LogP contribution is 2.43. The number of nitrogens with zero attached hydrogens (tertiary/aromatic N) is 3. The van der Waals surface area contributed by atoms with Gasteiger partial charge in [0.25, 0.3) is 0 Å². The molecule has 1 atom stereocenters. The van der Waals surface area contributed by atoms with Crippen LogP contribution in [0.15, 0.2) is 253 Å². The van der Waals surface area contributed by atoms with Crippen molar-refractivity contribution < 1.29 is 0 Å². The Morgan fingerprint density at radius 3 is 1.56 bits per heavy atom. The van der Waals surface area contributed by atoms with Crippen molar-refractivity contribution in [3.05, 3.63) is 259 Å². The lowest BCUT2D eigenvalue weighted by Gasteiger charge is -2.26. The van der Waals surface area contributed by atoms with Crippen LogP contribution in [0.1, 0.15) is 22.9 Å². The Labute approximate surface area is 408 Å². The summed E-state index contributed by atoms with van der Waals surface area (Å²) in [4.78, 5) is 11.0. The van der Waals surface area contributed by atoms with E-state index in [4.69, 9.17) is 9.98 Å². The molecule has 1 unspecified atom stereocenters. The molecule has 0 spiro atoms. The molecule has 1 aliphatic rings. The number of rotatable bonds is 7. The van der Waals surface area contributed by atoms with Gasteiger partial charge >= 0.3 is 0 Å². The van der Waals surface area contributed by atoms with Crippen molar-refractivity contribution in [2.24, 2.45) is 9.98 Å². The summed E-state index contributed by atoms with van der Waals surface area (Å²) in [5.74, 6) is 1.45. The molecular formula is C65H42N4S. The number of benzene rings is 11. The second-order valence-corrected chi connectivity index (χ2v) is 19.2. The molecule has 0 bridgehead atoms. The average molecular weight is 911 g/mol. The molecule has 0 amide bonds. The highest BCUT2D eigenvalue weighted by atomic mass is 32.1. The number of aromatic nitrogens is 1. The Bertz CT molecular complexity index is 4180. The summed E-state index contributed by atoms with van der Waals surface area (Å²) in [5, 5.41) is 13.8. The molecular weight excluding hydrogens is 869 g/mol. The van der Waals surface area contributed by atoms with Gasteiger partial charge in [0.15, 0.2) is 5.84 Å². The lowest BCUT2D eigenvalue weighted by Crippen LogP contribution is -2.34. The molecule has 5 heteroatoms. The Morgan fingerprint density at radius 1 is 0.371 bits per heavy atom. The van der Waals surface area contributed by atoms with Gasteiger partial charge in [-0.1, -0.05) is 194 Å². The highest BCUT2D eigenvalue weighted by molar-refractivity contribution is 7.25. The molecule has 0 fully saturated rings. The first-order valence-corrected chi connectivity index (χ1v) is 24.6. The van der Waals surface area contributed by atoms with E-state index in [0.29, 0.717) is 5.84 Å². The molecule has 11 aromatic carbocycles. The van der Waals surface area contributed by atoms with Gasteiger partial charge in [-0.25, -0.2) is 9.98 Å². The second kappa shape index (κ2) is 16.4. The Hall–Kier alpha value is -8.90. The summed E-state index contributed by atoms with van der Waals surface area (Å²) in [6, 6.07) is 87.8. The molecule has 4 nitrogen and oxygen atoms in total. The zero-order valence-electron chi connectivity index (χ0n) is 37.9. The van der Waals surface area contributed by atoms with Crippen LogP contribution in [0.25, 0.3) is 103 Å². The van der Waals surface area contributed by atoms with Crippen LogP contribution in [-0.4, -0.2) is 16.2 Å². The number of aliphatic imine (C=N–C) groups is 2. The van der Waals surface area contributed by atoms with Crippen LogP contribution in [0.4, 0.5) is 0 Å². The number of fused-ring (bicyclic) bond motifs is 8. The van der Waals surface area contributed by atoms with Crippen LogP contribution in [0.3, 0.4) is 0 Å². The standard InChI is InChI=1S/C65H42N4S/c1-3-17-41(18-4-1)49-25-11-13-28-53(49)64-66-63(67-65(68-64)54-29-14-12-26-50(54)42-19-5-2-6-20-42)48-32-34-58(55(37-48)47-31-33-52-51-27-15-16-30-61(51)70-62(52)40-47)69-59-38-45-23-9-7-21-43(45)35-56(59)57-36-44-22-8-10-24-46(44)39-60(57)69/h1-40,63H,(H,66,67,68). The topological polar surface area (TPSA) is 41.7 Å². The lowest BCUT2D eigenvalue weighted by molar-refractivity contribution is 0.674. The van der Waals surface area contributed by atoms with E-state index in [2.05, 4.69) is 253 Å². The maximum Gasteiger partial charge on any atom is 0.160 e. The summed E-state index contributed by atoms with van der Waals surface area (Å²) < 4.78 is 5.05. The third-order valence-electron chi connectivity index (χ3n) is 14.0. The van der Waals surface area contributed by atoms with Crippen LogP contribution in [0, 0.1) is 0 Å². The zero-order chi connectivity index (χ0) is 46.1. The summed E-state index contributed by atoms with van der Waals surface area (Å²) in [6.07, 6.45) is -0.470. The minimum atomic E-state index is -0.470. The largest absolute Gasteiger partial charge is 0.344 e. The maximum absolute atomic E-state index is 5.57. The molecule has 3 heterocycles. The van der Waals surface area contributed by atoms with Crippen molar-refractivity contribution in [1.82, 2.24) is 9.88 Å². The number of thiophene rings is 1. The minimum absolute atomic E-state index is 0.470. The summed E-state index contributed by atoms with van der Waals surface area (Å²) in [6.45, 7) is 0. The fraction of sp³-hybridized carbons (Fsp3) is 0.0154. The van der Waals surface area contributed by atoms with E-state index in [0.717, 1.165) is 61.6 Å². The van der Waals surface area contributed by atoms with Gasteiger partial charge in [0.05, 0.1) is 16.7 Å². The molecule has 2 aromatic heterocycles. The van der Waals surface area contributed by atoms with Crippen molar-refractivity contribution >= 4 is 86.5 Å². The van der Waals surface area contributed by atoms with Crippen LogP contribution >= 0.6 is 11.3 Å². The molecule has 1 aliphatic heterocycles. The van der Waals surface area contributed by atoms with E-state index in [1.165, 1.54) is 63.5 Å². The lowest BCUT2D eigenvalue weighted by atomic mass is 9.96.